The standard InChI is InChI=1S/C13H11F3N2O.2ClH/c14-13(15,16)10-3-1-2-4-11(10)19-12-7-9(8-17)5-6-18-12;;/h1-7H,8,17H2;2*1H. The van der Waals surface area contributed by atoms with Gasteiger partial charge in [0.25, 0.3) is 0 Å². The smallest absolute Gasteiger partial charge is 0.419 e. The maximum absolute atomic E-state index is 12.8. The highest BCUT2D eigenvalue weighted by atomic mass is 35.5. The summed E-state index contributed by atoms with van der Waals surface area (Å²) in [5.74, 6) is -0.198. The molecule has 0 atom stereocenters. The number of alkyl halides is 3. The summed E-state index contributed by atoms with van der Waals surface area (Å²) in [7, 11) is 0. The van der Waals surface area contributed by atoms with Gasteiger partial charge >= 0.3 is 6.18 Å². The zero-order valence-electron chi connectivity index (χ0n) is 10.6. The van der Waals surface area contributed by atoms with Gasteiger partial charge in [-0.15, -0.1) is 24.8 Å². The number of nitrogens with zero attached hydrogens (tertiary/aromatic N) is 1. The van der Waals surface area contributed by atoms with E-state index in [0.29, 0.717) is 0 Å². The van der Waals surface area contributed by atoms with Crippen LogP contribution in [0.1, 0.15) is 11.1 Å². The molecule has 0 aliphatic rings. The third-order valence-corrected chi connectivity index (χ3v) is 2.44. The third-order valence-electron chi connectivity index (χ3n) is 2.44. The molecule has 0 saturated heterocycles. The van der Waals surface area contributed by atoms with Crippen molar-refractivity contribution in [2.45, 2.75) is 12.7 Å². The van der Waals surface area contributed by atoms with Crippen LogP contribution in [0, 0.1) is 0 Å². The minimum atomic E-state index is -4.47. The lowest BCUT2D eigenvalue weighted by molar-refractivity contribution is -0.138. The van der Waals surface area contributed by atoms with E-state index in [0.717, 1.165) is 11.6 Å². The molecule has 21 heavy (non-hydrogen) atoms. The number of ether oxygens (including phenoxy) is 1. The van der Waals surface area contributed by atoms with E-state index in [1.165, 1.54) is 30.5 Å². The average molecular weight is 341 g/mol. The van der Waals surface area contributed by atoms with E-state index < -0.39 is 11.7 Å². The summed E-state index contributed by atoms with van der Waals surface area (Å²) < 4.78 is 43.5. The minimum Gasteiger partial charge on any atom is -0.438 e. The Morgan fingerprint density at radius 3 is 2.38 bits per heavy atom. The predicted molar refractivity (Wildman–Crippen MR) is 78.1 cm³/mol. The van der Waals surface area contributed by atoms with E-state index in [2.05, 4.69) is 4.98 Å². The third kappa shape index (κ3) is 5.08. The molecule has 2 aromatic rings. The first-order valence-corrected chi connectivity index (χ1v) is 5.50. The van der Waals surface area contributed by atoms with Crippen LogP contribution in [0.15, 0.2) is 42.6 Å². The van der Waals surface area contributed by atoms with Crippen molar-refractivity contribution in [1.29, 1.82) is 0 Å². The Labute approximate surface area is 132 Å². The molecule has 1 aromatic heterocycles. The van der Waals surface area contributed by atoms with Gasteiger partial charge in [0.1, 0.15) is 5.75 Å². The van der Waals surface area contributed by atoms with Gasteiger partial charge in [-0.1, -0.05) is 12.1 Å². The number of halogens is 5. The van der Waals surface area contributed by atoms with Crippen molar-refractivity contribution in [3.05, 3.63) is 53.7 Å². The molecule has 0 aliphatic heterocycles. The van der Waals surface area contributed by atoms with E-state index in [1.54, 1.807) is 6.07 Å². The second-order valence-corrected chi connectivity index (χ2v) is 3.80. The maximum Gasteiger partial charge on any atom is 0.419 e. The molecule has 0 saturated carbocycles. The summed E-state index contributed by atoms with van der Waals surface area (Å²) in [6, 6.07) is 8.16. The Morgan fingerprint density at radius 2 is 1.76 bits per heavy atom. The van der Waals surface area contributed by atoms with Crippen molar-refractivity contribution in [2.75, 3.05) is 0 Å². The van der Waals surface area contributed by atoms with Crippen LogP contribution < -0.4 is 10.5 Å². The molecule has 2 N–H and O–H groups in total. The van der Waals surface area contributed by atoms with Gasteiger partial charge in [0.05, 0.1) is 5.56 Å². The highest BCUT2D eigenvalue weighted by Gasteiger charge is 2.34. The van der Waals surface area contributed by atoms with E-state index >= 15 is 0 Å². The Kier molecular flexibility index (Phi) is 7.49. The highest BCUT2D eigenvalue weighted by molar-refractivity contribution is 5.85. The van der Waals surface area contributed by atoms with Gasteiger partial charge < -0.3 is 10.5 Å². The highest BCUT2D eigenvalue weighted by Crippen LogP contribution is 2.37. The molecule has 2 rings (SSSR count). The van der Waals surface area contributed by atoms with Crippen molar-refractivity contribution in [3.63, 3.8) is 0 Å². The Balaban J connectivity index is 0.00000200. The van der Waals surface area contributed by atoms with Crippen molar-refractivity contribution in [2.24, 2.45) is 5.73 Å². The van der Waals surface area contributed by atoms with Crippen LogP contribution in [-0.4, -0.2) is 4.98 Å². The molecule has 0 unspecified atom stereocenters. The number of aromatic nitrogens is 1. The first-order chi connectivity index (χ1) is 9.00. The van der Waals surface area contributed by atoms with Crippen molar-refractivity contribution >= 4 is 24.8 Å². The molecular weight excluding hydrogens is 328 g/mol. The first-order valence-electron chi connectivity index (χ1n) is 5.50. The second-order valence-electron chi connectivity index (χ2n) is 3.80. The summed E-state index contributed by atoms with van der Waals surface area (Å²) >= 11 is 0. The molecule has 8 heteroatoms. The number of pyridine rings is 1. The molecule has 0 radical (unpaired) electrons. The van der Waals surface area contributed by atoms with Crippen molar-refractivity contribution < 1.29 is 17.9 Å². The van der Waals surface area contributed by atoms with Gasteiger partial charge in [-0.2, -0.15) is 13.2 Å². The molecular formula is C13H13Cl2F3N2O. The Bertz CT molecular complexity index is 579. The molecule has 1 aromatic carbocycles. The SMILES string of the molecule is Cl.Cl.NCc1ccnc(Oc2ccccc2C(F)(F)F)c1. The van der Waals surface area contributed by atoms with Gasteiger partial charge in [-0.25, -0.2) is 4.98 Å². The van der Waals surface area contributed by atoms with Crippen molar-refractivity contribution in [3.8, 4) is 11.6 Å². The Morgan fingerprint density at radius 1 is 1.10 bits per heavy atom. The molecule has 116 valence electrons. The van der Waals surface area contributed by atoms with E-state index in [-0.39, 0.29) is 43.0 Å². The fraction of sp³-hybridized carbons (Fsp3) is 0.154. The van der Waals surface area contributed by atoms with Crippen LogP contribution in [-0.2, 0) is 12.7 Å². The minimum absolute atomic E-state index is 0. The number of rotatable bonds is 3. The zero-order chi connectivity index (χ0) is 13.9. The number of para-hydroxylation sites is 1. The maximum atomic E-state index is 12.8. The molecule has 0 spiro atoms. The van der Waals surface area contributed by atoms with Gasteiger partial charge in [0, 0.05) is 18.8 Å². The van der Waals surface area contributed by atoms with Crippen LogP contribution >= 0.6 is 24.8 Å². The molecule has 0 bridgehead atoms. The molecule has 3 nitrogen and oxygen atoms in total. The summed E-state index contributed by atoms with van der Waals surface area (Å²) in [5.41, 5.74) is 5.34. The molecule has 0 amide bonds. The lowest BCUT2D eigenvalue weighted by atomic mass is 10.2. The number of hydrogen-bond acceptors (Lipinski definition) is 3. The molecule has 0 fully saturated rings. The Hall–Kier alpha value is -1.50. The zero-order valence-corrected chi connectivity index (χ0v) is 12.3. The van der Waals surface area contributed by atoms with Crippen LogP contribution in [0.4, 0.5) is 13.2 Å². The summed E-state index contributed by atoms with van der Waals surface area (Å²) in [6.45, 7) is 0.264. The average Bonchev–Trinajstić information content (AvgIpc) is 2.38. The lowest BCUT2D eigenvalue weighted by Crippen LogP contribution is -2.07. The number of benzene rings is 1. The van der Waals surface area contributed by atoms with Gasteiger partial charge in [0.2, 0.25) is 5.88 Å². The fourth-order valence-electron chi connectivity index (χ4n) is 1.54. The topological polar surface area (TPSA) is 48.1 Å². The predicted octanol–water partition coefficient (Wildman–Crippen LogP) is 4.20. The summed E-state index contributed by atoms with van der Waals surface area (Å²) in [4.78, 5) is 3.86. The van der Waals surface area contributed by atoms with E-state index in [9.17, 15) is 13.2 Å². The van der Waals surface area contributed by atoms with Crippen LogP contribution in [0.2, 0.25) is 0 Å². The second kappa shape index (κ2) is 8.07. The quantitative estimate of drug-likeness (QED) is 0.910. The first kappa shape index (κ1) is 19.5. The van der Waals surface area contributed by atoms with Crippen LogP contribution in [0.5, 0.6) is 11.6 Å². The fourth-order valence-corrected chi connectivity index (χ4v) is 1.54. The van der Waals surface area contributed by atoms with E-state index in [4.69, 9.17) is 10.5 Å². The molecule has 0 aliphatic carbocycles. The van der Waals surface area contributed by atoms with E-state index in [1.807, 2.05) is 0 Å². The van der Waals surface area contributed by atoms with Crippen LogP contribution in [0.25, 0.3) is 0 Å². The normalized spacial score (nSPS) is 10.3. The van der Waals surface area contributed by atoms with Crippen LogP contribution in [0.3, 0.4) is 0 Å². The van der Waals surface area contributed by atoms with Gasteiger partial charge in [0.15, 0.2) is 0 Å². The van der Waals surface area contributed by atoms with Gasteiger partial charge in [-0.3, -0.25) is 0 Å². The lowest BCUT2D eigenvalue weighted by Gasteiger charge is -2.13. The summed E-state index contributed by atoms with van der Waals surface area (Å²) in [6.07, 6.45) is -3.03. The molecule has 1 heterocycles. The summed E-state index contributed by atoms with van der Waals surface area (Å²) in [5, 5.41) is 0. The number of hydrogen-bond donors (Lipinski definition) is 1. The number of nitrogens with two attached hydrogens (primary N) is 1. The largest absolute Gasteiger partial charge is 0.438 e. The van der Waals surface area contributed by atoms with Crippen molar-refractivity contribution in [1.82, 2.24) is 4.98 Å². The monoisotopic (exact) mass is 340 g/mol. The van der Waals surface area contributed by atoms with Gasteiger partial charge in [-0.05, 0) is 23.8 Å².